The summed E-state index contributed by atoms with van der Waals surface area (Å²) in [5.41, 5.74) is 1.23. The molecular formula is C11H19N. The second-order valence-electron chi connectivity index (χ2n) is 2.99. The van der Waals surface area contributed by atoms with Crippen molar-refractivity contribution < 1.29 is 0 Å². The zero-order chi connectivity index (χ0) is 9.56. The molecule has 1 heteroatoms. The van der Waals surface area contributed by atoms with Gasteiger partial charge in [0.1, 0.15) is 0 Å². The molecule has 0 bridgehead atoms. The Morgan fingerprint density at radius 2 is 2.00 bits per heavy atom. The number of hydrogen-bond acceptors (Lipinski definition) is 1. The molecule has 0 N–H and O–H groups in total. The number of allylic oxidation sites excluding steroid dienone is 2. The second-order valence-corrected chi connectivity index (χ2v) is 2.99. The maximum Gasteiger partial charge on any atom is 0.0339 e. The highest BCUT2D eigenvalue weighted by molar-refractivity contribution is 5.26. The fraction of sp³-hybridized carbons (Fsp3) is 0.455. The maximum absolute atomic E-state index is 3.79. The quantitative estimate of drug-likeness (QED) is 0.566. The lowest BCUT2D eigenvalue weighted by molar-refractivity contribution is 0.327. The van der Waals surface area contributed by atoms with Gasteiger partial charge < -0.3 is 4.90 Å². The Balaban J connectivity index is 4.54. The maximum atomic E-state index is 3.79. The van der Waals surface area contributed by atoms with Gasteiger partial charge in [0.2, 0.25) is 0 Å². The van der Waals surface area contributed by atoms with Crippen molar-refractivity contribution in [3.8, 4) is 0 Å². The predicted molar refractivity (Wildman–Crippen MR) is 56.2 cm³/mol. The molecule has 1 atom stereocenters. The van der Waals surface area contributed by atoms with Crippen LogP contribution in [0.1, 0.15) is 13.3 Å². The van der Waals surface area contributed by atoms with Crippen molar-refractivity contribution in [2.75, 3.05) is 14.1 Å². The van der Waals surface area contributed by atoms with Crippen LogP contribution in [-0.2, 0) is 0 Å². The molecule has 0 aliphatic heterocycles. The fourth-order valence-electron chi connectivity index (χ4n) is 1.35. The summed E-state index contributed by atoms with van der Waals surface area (Å²) in [7, 11) is 4.16. The third-order valence-electron chi connectivity index (χ3n) is 1.94. The summed E-state index contributed by atoms with van der Waals surface area (Å²) >= 11 is 0. The molecule has 0 amide bonds. The SMILES string of the molecule is C=C/C=C(\C=C)C(CC)N(C)C. The average Bonchev–Trinajstić information content (AvgIpc) is 2.03. The molecule has 0 aliphatic carbocycles. The van der Waals surface area contributed by atoms with Crippen LogP contribution >= 0.6 is 0 Å². The van der Waals surface area contributed by atoms with Crippen molar-refractivity contribution in [1.29, 1.82) is 0 Å². The summed E-state index contributed by atoms with van der Waals surface area (Å²) in [6, 6.07) is 0.459. The highest BCUT2D eigenvalue weighted by Crippen LogP contribution is 2.12. The zero-order valence-electron chi connectivity index (χ0n) is 8.38. The van der Waals surface area contributed by atoms with Crippen LogP contribution in [0.5, 0.6) is 0 Å². The highest BCUT2D eigenvalue weighted by Gasteiger charge is 2.10. The summed E-state index contributed by atoms with van der Waals surface area (Å²) in [5.74, 6) is 0. The van der Waals surface area contributed by atoms with Crippen LogP contribution in [0, 0.1) is 0 Å². The van der Waals surface area contributed by atoms with Gasteiger partial charge >= 0.3 is 0 Å². The van der Waals surface area contributed by atoms with Gasteiger partial charge in [0.05, 0.1) is 0 Å². The van der Waals surface area contributed by atoms with Crippen molar-refractivity contribution >= 4 is 0 Å². The van der Waals surface area contributed by atoms with Gasteiger partial charge in [-0.25, -0.2) is 0 Å². The first-order valence-corrected chi connectivity index (χ1v) is 4.28. The van der Waals surface area contributed by atoms with Crippen LogP contribution in [-0.4, -0.2) is 25.0 Å². The van der Waals surface area contributed by atoms with Gasteiger partial charge in [-0.2, -0.15) is 0 Å². The topological polar surface area (TPSA) is 3.24 Å². The van der Waals surface area contributed by atoms with Crippen molar-refractivity contribution in [2.24, 2.45) is 0 Å². The first kappa shape index (κ1) is 11.2. The van der Waals surface area contributed by atoms with Gasteiger partial charge in [-0.1, -0.05) is 38.3 Å². The van der Waals surface area contributed by atoms with Gasteiger partial charge in [0.15, 0.2) is 0 Å². The van der Waals surface area contributed by atoms with Gasteiger partial charge in [0, 0.05) is 6.04 Å². The fourth-order valence-corrected chi connectivity index (χ4v) is 1.35. The number of likely N-dealkylation sites (N-methyl/N-ethyl adjacent to an activating group) is 1. The van der Waals surface area contributed by atoms with E-state index < -0.39 is 0 Å². The lowest BCUT2D eigenvalue weighted by atomic mass is 10.0. The average molecular weight is 165 g/mol. The van der Waals surface area contributed by atoms with E-state index in [1.807, 2.05) is 18.2 Å². The molecule has 0 aliphatic rings. The van der Waals surface area contributed by atoms with Crippen LogP contribution in [0.2, 0.25) is 0 Å². The molecule has 0 rings (SSSR count). The van der Waals surface area contributed by atoms with E-state index in [9.17, 15) is 0 Å². The van der Waals surface area contributed by atoms with Crippen LogP contribution in [0.25, 0.3) is 0 Å². The van der Waals surface area contributed by atoms with E-state index in [0.717, 1.165) is 6.42 Å². The van der Waals surface area contributed by atoms with E-state index >= 15 is 0 Å². The molecule has 0 saturated heterocycles. The summed E-state index contributed by atoms with van der Waals surface area (Å²) in [6.45, 7) is 9.64. The van der Waals surface area contributed by atoms with E-state index in [4.69, 9.17) is 0 Å². The molecule has 0 aromatic rings. The van der Waals surface area contributed by atoms with Crippen LogP contribution in [0.3, 0.4) is 0 Å². The van der Waals surface area contributed by atoms with Gasteiger partial charge in [-0.15, -0.1) is 0 Å². The summed E-state index contributed by atoms with van der Waals surface area (Å²) in [5, 5.41) is 0. The Morgan fingerprint density at radius 1 is 1.42 bits per heavy atom. The molecule has 0 saturated carbocycles. The highest BCUT2D eigenvalue weighted by atomic mass is 15.1. The van der Waals surface area contributed by atoms with E-state index in [2.05, 4.69) is 39.1 Å². The Hall–Kier alpha value is -0.820. The van der Waals surface area contributed by atoms with Crippen LogP contribution < -0.4 is 0 Å². The van der Waals surface area contributed by atoms with Crippen molar-refractivity contribution in [2.45, 2.75) is 19.4 Å². The normalized spacial score (nSPS) is 14.5. The molecule has 0 aromatic heterocycles. The number of nitrogens with zero attached hydrogens (tertiary/aromatic N) is 1. The molecule has 0 spiro atoms. The Morgan fingerprint density at radius 3 is 2.25 bits per heavy atom. The largest absolute Gasteiger partial charge is 0.302 e. The molecule has 12 heavy (non-hydrogen) atoms. The molecule has 68 valence electrons. The summed E-state index contributed by atoms with van der Waals surface area (Å²) < 4.78 is 0. The standard InChI is InChI=1S/C11H19N/c1-6-9-10(7-2)11(8-3)12(4)5/h6-7,9,11H,1-2,8H2,3-5H3/b10-9+. The van der Waals surface area contributed by atoms with E-state index in [-0.39, 0.29) is 0 Å². The minimum atomic E-state index is 0.459. The second kappa shape index (κ2) is 5.78. The predicted octanol–water partition coefficient (Wildman–Crippen LogP) is 2.63. The Kier molecular flexibility index (Phi) is 5.39. The lowest BCUT2D eigenvalue weighted by Crippen LogP contribution is -2.28. The van der Waals surface area contributed by atoms with Gasteiger partial charge in [-0.3, -0.25) is 0 Å². The molecule has 0 radical (unpaired) electrons. The Bertz CT molecular complexity index is 177. The van der Waals surface area contributed by atoms with Crippen molar-refractivity contribution in [3.05, 3.63) is 37.0 Å². The lowest BCUT2D eigenvalue weighted by Gasteiger charge is -2.23. The minimum Gasteiger partial charge on any atom is -0.302 e. The third-order valence-corrected chi connectivity index (χ3v) is 1.94. The molecule has 0 aromatic carbocycles. The van der Waals surface area contributed by atoms with Gasteiger partial charge in [0.25, 0.3) is 0 Å². The monoisotopic (exact) mass is 165 g/mol. The first-order chi connectivity index (χ1) is 5.67. The first-order valence-electron chi connectivity index (χ1n) is 4.28. The smallest absolute Gasteiger partial charge is 0.0339 e. The number of hydrogen-bond donors (Lipinski definition) is 0. The van der Waals surface area contributed by atoms with E-state index in [0.29, 0.717) is 6.04 Å². The van der Waals surface area contributed by atoms with Crippen LogP contribution in [0.4, 0.5) is 0 Å². The van der Waals surface area contributed by atoms with Crippen molar-refractivity contribution in [3.63, 3.8) is 0 Å². The summed E-state index contributed by atoms with van der Waals surface area (Å²) in [6.07, 6.45) is 6.82. The van der Waals surface area contributed by atoms with E-state index in [1.165, 1.54) is 5.57 Å². The molecule has 0 heterocycles. The molecule has 1 nitrogen and oxygen atoms in total. The number of rotatable bonds is 5. The van der Waals surface area contributed by atoms with Crippen LogP contribution in [0.15, 0.2) is 37.0 Å². The summed E-state index contributed by atoms with van der Waals surface area (Å²) in [4.78, 5) is 2.19. The zero-order valence-corrected chi connectivity index (χ0v) is 8.38. The van der Waals surface area contributed by atoms with E-state index in [1.54, 1.807) is 0 Å². The Labute approximate surface area is 76.1 Å². The molecule has 0 fully saturated rings. The minimum absolute atomic E-state index is 0.459. The molecule has 1 unspecified atom stereocenters. The van der Waals surface area contributed by atoms with Crippen molar-refractivity contribution in [1.82, 2.24) is 4.90 Å². The third kappa shape index (κ3) is 3.05. The van der Waals surface area contributed by atoms with Gasteiger partial charge in [-0.05, 0) is 26.1 Å². The molecular weight excluding hydrogens is 146 g/mol.